The molecule has 1 aliphatic rings. The SMILES string of the molecule is CCN1C(=O)COc2ccc(-c3noc(-c4cccc(OC)c4)n3)cc21. The number of anilines is 1. The van der Waals surface area contributed by atoms with Crippen molar-refractivity contribution in [1.29, 1.82) is 0 Å². The van der Waals surface area contributed by atoms with E-state index >= 15 is 0 Å². The highest BCUT2D eigenvalue weighted by Crippen LogP contribution is 2.35. The number of rotatable bonds is 4. The molecule has 2 heterocycles. The van der Waals surface area contributed by atoms with Crippen molar-refractivity contribution in [3.05, 3.63) is 42.5 Å². The molecule has 2 aromatic carbocycles. The molecule has 26 heavy (non-hydrogen) atoms. The van der Waals surface area contributed by atoms with Crippen molar-refractivity contribution in [2.24, 2.45) is 0 Å². The van der Waals surface area contributed by atoms with E-state index in [-0.39, 0.29) is 12.5 Å². The summed E-state index contributed by atoms with van der Waals surface area (Å²) in [4.78, 5) is 18.2. The van der Waals surface area contributed by atoms with Gasteiger partial charge in [0.15, 0.2) is 6.61 Å². The average Bonchev–Trinajstić information content (AvgIpc) is 3.18. The second-order valence-electron chi connectivity index (χ2n) is 5.76. The highest BCUT2D eigenvalue weighted by atomic mass is 16.5. The van der Waals surface area contributed by atoms with Gasteiger partial charge in [-0.05, 0) is 43.3 Å². The molecule has 1 aliphatic heterocycles. The molecule has 132 valence electrons. The summed E-state index contributed by atoms with van der Waals surface area (Å²) < 4.78 is 16.1. The fourth-order valence-electron chi connectivity index (χ4n) is 2.90. The van der Waals surface area contributed by atoms with E-state index in [1.807, 2.05) is 49.4 Å². The predicted octanol–water partition coefficient (Wildman–Crippen LogP) is 3.16. The number of benzene rings is 2. The Morgan fingerprint density at radius 2 is 2.08 bits per heavy atom. The van der Waals surface area contributed by atoms with Crippen LogP contribution in [0.4, 0.5) is 5.69 Å². The smallest absolute Gasteiger partial charge is 0.265 e. The second kappa shape index (κ2) is 6.51. The molecule has 0 spiro atoms. The van der Waals surface area contributed by atoms with Crippen molar-refractivity contribution in [3.8, 4) is 34.3 Å². The van der Waals surface area contributed by atoms with Gasteiger partial charge in [0.05, 0.1) is 12.8 Å². The average molecular weight is 351 g/mol. The lowest BCUT2D eigenvalue weighted by atomic mass is 10.1. The van der Waals surface area contributed by atoms with E-state index in [9.17, 15) is 4.79 Å². The van der Waals surface area contributed by atoms with Crippen molar-refractivity contribution in [3.63, 3.8) is 0 Å². The van der Waals surface area contributed by atoms with Gasteiger partial charge in [-0.15, -0.1) is 0 Å². The Hall–Kier alpha value is -3.35. The van der Waals surface area contributed by atoms with Gasteiger partial charge in [0.2, 0.25) is 5.82 Å². The molecular formula is C19H17N3O4. The highest BCUT2D eigenvalue weighted by Gasteiger charge is 2.25. The number of fused-ring (bicyclic) bond motifs is 1. The molecular weight excluding hydrogens is 334 g/mol. The van der Waals surface area contributed by atoms with Crippen molar-refractivity contribution < 1.29 is 18.8 Å². The van der Waals surface area contributed by atoms with Crippen LogP contribution in [0.3, 0.4) is 0 Å². The van der Waals surface area contributed by atoms with Gasteiger partial charge in [0.25, 0.3) is 11.8 Å². The fourth-order valence-corrected chi connectivity index (χ4v) is 2.90. The number of hydrogen-bond acceptors (Lipinski definition) is 6. The molecule has 7 nitrogen and oxygen atoms in total. The molecule has 4 rings (SSSR count). The Morgan fingerprint density at radius 3 is 2.88 bits per heavy atom. The van der Waals surface area contributed by atoms with Crippen LogP contribution in [0.2, 0.25) is 0 Å². The number of aromatic nitrogens is 2. The quantitative estimate of drug-likeness (QED) is 0.718. The van der Waals surface area contributed by atoms with Crippen molar-refractivity contribution in [2.45, 2.75) is 6.92 Å². The Balaban J connectivity index is 1.70. The van der Waals surface area contributed by atoms with Crippen LogP contribution >= 0.6 is 0 Å². The first kappa shape index (κ1) is 16.1. The number of carbonyl (C=O) groups excluding carboxylic acids is 1. The fraction of sp³-hybridized carbons (Fsp3) is 0.211. The van der Waals surface area contributed by atoms with Crippen molar-refractivity contribution in [2.75, 3.05) is 25.2 Å². The first-order valence-electron chi connectivity index (χ1n) is 8.25. The number of methoxy groups -OCH3 is 1. The lowest BCUT2D eigenvalue weighted by Crippen LogP contribution is -2.38. The summed E-state index contributed by atoms with van der Waals surface area (Å²) in [7, 11) is 1.61. The number of nitrogens with zero attached hydrogens (tertiary/aromatic N) is 3. The third-order valence-electron chi connectivity index (χ3n) is 4.22. The summed E-state index contributed by atoms with van der Waals surface area (Å²) in [6.07, 6.45) is 0. The van der Waals surface area contributed by atoms with E-state index in [0.29, 0.717) is 35.4 Å². The summed E-state index contributed by atoms with van der Waals surface area (Å²) in [5, 5.41) is 4.07. The van der Waals surface area contributed by atoms with Crippen LogP contribution in [0.25, 0.3) is 22.8 Å². The molecule has 0 saturated heterocycles. The van der Waals surface area contributed by atoms with Gasteiger partial charge in [-0.1, -0.05) is 11.2 Å². The summed E-state index contributed by atoms with van der Waals surface area (Å²) in [6.45, 7) is 2.55. The van der Waals surface area contributed by atoms with E-state index in [1.54, 1.807) is 12.0 Å². The molecule has 0 radical (unpaired) electrons. The Morgan fingerprint density at radius 1 is 1.19 bits per heavy atom. The zero-order chi connectivity index (χ0) is 18.1. The van der Waals surface area contributed by atoms with E-state index in [2.05, 4.69) is 10.1 Å². The first-order valence-corrected chi connectivity index (χ1v) is 8.25. The first-order chi connectivity index (χ1) is 12.7. The molecule has 0 N–H and O–H groups in total. The van der Waals surface area contributed by atoms with Gasteiger partial charge in [-0.2, -0.15) is 4.98 Å². The summed E-state index contributed by atoms with van der Waals surface area (Å²) in [6, 6.07) is 12.9. The Bertz CT molecular complexity index is 967. The predicted molar refractivity (Wildman–Crippen MR) is 95.2 cm³/mol. The Labute approximate surface area is 150 Å². The third-order valence-corrected chi connectivity index (χ3v) is 4.22. The number of carbonyl (C=O) groups is 1. The van der Waals surface area contributed by atoms with Gasteiger partial charge in [-0.3, -0.25) is 4.79 Å². The Kier molecular flexibility index (Phi) is 4.04. The molecule has 0 saturated carbocycles. The molecule has 3 aromatic rings. The normalized spacial score (nSPS) is 13.3. The van der Waals surface area contributed by atoms with E-state index in [4.69, 9.17) is 14.0 Å². The molecule has 0 bridgehead atoms. The second-order valence-corrected chi connectivity index (χ2v) is 5.76. The van der Waals surface area contributed by atoms with Crippen LogP contribution in [0.5, 0.6) is 11.5 Å². The number of likely N-dealkylation sites (N-methyl/N-ethyl adjacent to an activating group) is 1. The van der Waals surface area contributed by atoms with E-state index < -0.39 is 0 Å². The topological polar surface area (TPSA) is 77.7 Å². The van der Waals surface area contributed by atoms with Crippen LogP contribution in [0.1, 0.15) is 6.92 Å². The maximum absolute atomic E-state index is 12.0. The zero-order valence-electron chi connectivity index (χ0n) is 14.4. The molecule has 1 aromatic heterocycles. The monoisotopic (exact) mass is 351 g/mol. The van der Waals surface area contributed by atoms with Crippen molar-refractivity contribution in [1.82, 2.24) is 10.1 Å². The van der Waals surface area contributed by atoms with Gasteiger partial charge >= 0.3 is 0 Å². The summed E-state index contributed by atoms with van der Waals surface area (Å²) >= 11 is 0. The summed E-state index contributed by atoms with van der Waals surface area (Å²) in [5.74, 6) is 2.16. The standard InChI is InChI=1S/C19H17N3O4/c1-3-22-15-10-12(7-8-16(15)25-11-17(22)23)18-20-19(26-21-18)13-5-4-6-14(9-13)24-2/h4-10H,3,11H2,1-2H3. The van der Waals surface area contributed by atoms with Crippen molar-refractivity contribution >= 4 is 11.6 Å². The zero-order valence-corrected chi connectivity index (χ0v) is 14.4. The third kappa shape index (κ3) is 2.77. The minimum Gasteiger partial charge on any atom is -0.497 e. The van der Waals surface area contributed by atoms with E-state index in [1.165, 1.54) is 0 Å². The molecule has 0 aliphatic carbocycles. The lowest BCUT2D eigenvalue weighted by Gasteiger charge is -2.28. The molecule has 0 fully saturated rings. The van der Waals surface area contributed by atoms with Crippen LogP contribution in [-0.2, 0) is 4.79 Å². The van der Waals surface area contributed by atoms with Crippen LogP contribution in [0.15, 0.2) is 47.0 Å². The van der Waals surface area contributed by atoms with Crippen LogP contribution in [0, 0.1) is 0 Å². The minimum atomic E-state index is -0.0673. The van der Waals surface area contributed by atoms with Gasteiger partial charge < -0.3 is 18.9 Å². The van der Waals surface area contributed by atoms with Crippen LogP contribution < -0.4 is 14.4 Å². The van der Waals surface area contributed by atoms with Crippen LogP contribution in [-0.4, -0.2) is 36.3 Å². The number of ether oxygens (including phenoxy) is 2. The minimum absolute atomic E-state index is 0.0579. The molecule has 0 unspecified atom stereocenters. The number of hydrogen-bond donors (Lipinski definition) is 0. The lowest BCUT2D eigenvalue weighted by molar-refractivity contribution is -0.121. The summed E-state index contributed by atoms with van der Waals surface area (Å²) in [5.41, 5.74) is 2.24. The van der Waals surface area contributed by atoms with E-state index in [0.717, 1.165) is 11.1 Å². The maximum Gasteiger partial charge on any atom is 0.265 e. The highest BCUT2D eigenvalue weighted by molar-refractivity contribution is 5.98. The van der Waals surface area contributed by atoms with Gasteiger partial charge in [0.1, 0.15) is 11.5 Å². The molecule has 0 atom stereocenters. The largest absolute Gasteiger partial charge is 0.497 e. The molecule has 1 amide bonds. The maximum atomic E-state index is 12.0. The van der Waals surface area contributed by atoms with Gasteiger partial charge in [-0.25, -0.2) is 0 Å². The van der Waals surface area contributed by atoms with Gasteiger partial charge in [0, 0.05) is 17.7 Å². The molecule has 7 heteroatoms. The number of amides is 1.